The Labute approximate surface area is 91.8 Å². The van der Waals surface area contributed by atoms with Crippen molar-refractivity contribution in [1.82, 2.24) is 5.32 Å². The average molecular weight is 207 g/mol. The molecule has 3 unspecified atom stereocenters. The van der Waals surface area contributed by atoms with Gasteiger partial charge in [-0.05, 0) is 55.8 Å². The fraction of sp³-hybridized carbons (Fsp3) is 0.923. The van der Waals surface area contributed by atoms with Crippen LogP contribution in [0, 0.1) is 29.6 Å². The molecule has 0 radical (unpaired) electrons. The van der Waals surface area contributed by atoms with Crippen LogP contribution in [0.25, 0.3) is 0 Å². The molecule has 0 bridgehead atoms. The minimum absolute atomic E-state index is 0.342. The molecule has 1 N–H and O–H groups in total. The van der Waals surface area contributed by atoms with Crippen molar-refractivity contribution in [2.24, 2.45) is 29.6 Å². The van der Waals surface area contributed by atoms with E-state index < -0.39 is 0 Å². The SMILES string of the molecule is CC(CNC(=O)C1CC2CC2C1)C1CC1. The fourth-order valence-electron chi connectivity index (χ4n) is 3.17. The quantitative estimate of drug-likeness (QED) is 0.752. The Bertz CT molecular complexity index is 262. The molecule has 15 heavy (non-hydrogen) atoms. The number of hydrogen-bond donors (Lipinski definition) is 1. The van der Waals surface area contributed by atoms with Gasteiger partial charge >= 0.3 is 0 Å². The number of carbonyl (C=O) groups is 1. The van der Waals surface area contributed by atoms with Crippen molar-refractivity contribution in [3.8, 4) is 0 Å². The first-order valence-electron chi connectivity index (χ1n) is 6.51. The zero-order valence-corrected chi connectivity index (χ0v) is 9.54. The van der Waals surface area contributed by atoms with Crippen LogP contribution in [0.1, 0.15) is 39.0 Å². The summed E-state index contributed by atoms with van der Waals surface area (Å²) in [5.41, 5.74) is 0. The number of amides is 1. The molecular formula is C13H21NO. The van der Waals surface area contributed by atoms with Crippen LogP contribution in [0.5, 0.6) is 0 Å². The Kier molecular flexibility index (Phi) is 2.26. The largest absolute Gasteiger partial charge is 0.356 e. The van der Waals surface area contributed by atoms with Gasteiger partial charge in [0.15, 0.2) is 0 Å². The third kappa shape index (κ3) is 2.04. The maximum absolute atomic E-state index is 11.8. The third-order valence-electron chi connectivity index (χ3n) is 4.64. The van der Waals surface area contributed by atoms with E-state index >= 15 is 0 Å². The van der Waals surface area contributed by atoms with Crippen LogP contribution in [0.3, 0.4) is 0 Å². The molecule has 3 saturated carbocycles. The second-order valence-electron chi connectivity index (χ2n) is 5.98. The van der Waals surface area contributed by atoms with Gasteiger partial charge in [0.05, 0.1) is 0 Å². The van der Waals surface area contributed by atoms with Crippen LogP contribution in [-0.4, -0.2) is 12.5 Å². The average Bonchev–Trinajstić information content (AvgIpc) is 3.14. The summed E-state index contributed by atoms with van der Waals surface area (Å²) in [6.07, 6.45) is 6.51. The first kappa shape index (κ1) is 9.68. The molecule has 3 atom stereocenters. The molecular weight excluding hydrogens is 186 g/mol. The monoisotopic (exact) mass is 207 g/mol. The summed E-state index contributed by atoms with van der Waals surface area (Å²) in [4.78, 5) is 11.8. The van der Waals surface area contributed by atoms with Crippen molar-refractivity contribution in [2.45, 2.75) is 39.0 Å². The summed E-state index contributed by atoms with van der Waals surface area (Å²) in [6.45, 7) is 3.18. The Morgan fingerprint density at radius 1 is 1.27 bits per heavy atom. The minimum Gasteiger partial charge on any atom is -0.356 e. The Morgan fingerprint density at radius 3 is 2.53 bits per heavy atom. The lowest BCUT2D eigenvalue weighted by Crippen LogP contribution is -2.33. The molecule has 0 aromatic carbocycles. The number of hydrogen-bond acceptors (Lipinski definition) is 1. The summed E-state index contributed by atoms with van der Waals surface area (Å²) >= 11 is 0. The molecule has 0 saturated heterocycles. The van der Waals surface area contributed by atoms with Crippen molar-refractivity contribution in [3.05, 3.63) is 0 Å². The Balaban J connectivity index is 1.40. The van der Waals surface area contributed by atoms with Crippen molar-refractivity contribution < 1.29 is 4.79 Å². The maximum atomic E-state index is 11.8. The molecule has 0 aliphatic heterocycles. The summed E-state index contributed by atoms with van der Waals surface area (Å²) in [5.74, 6) is 4.14. The van der Waals surface area contributed by atoms with Crippen LogP contribution < -0.4 is 5.32 Å². The zero-order valence-electron chi connectivity index (χ0n) is 9.54. The van der Waals surface area contributed by atoms with E-state index in [1.54, 1.807) is 0 Å². The Morgan fingerprint density at radius 2 is 1.93 bits per heavy atom. The van der Waals surface area contributed by atoms with Crippen molar-refractivity contribution in [1.29, 1.82) is 0 Å². The molecule has 0 heterocycles. The highest BCUT2D eigenvalue weighted by Gasteiger charge is 2.47. The molecule has 84 valence electrons. The molecule has 3 rings (SSSR count). The lowest BCUT2D eigenvalue weighted by Gasteiger charge is -2.15. The van der Waals surface area contributed by atoms with Gasteiger partial charge in [0.1, 0.15) is 0 Å². The van der Waals surface area contributed by atoms with Crippen molar-refractivity contribution in [3.63, 3.8) is 0 Å². The maximum Gasteiger partial charge on any atom is 0.223 e. The van der Waals surface area contributed by atoms with E-state index in [1.165, 1.54) is 32.1 Å². The molecule has 3 aliphatic carbocycles. The molecule has 3 aliphatic rings. The molecule has 0 aromatic heterocycles. The predicted molar refractivity (Wildman–Crippen MR) is 59.2 cm³/mol. The van der Waals surface area contributed by atoms with Gasteiger partial charge in [-0.3, -0.25) is 4.79 Å². The van der Waals surface area contributed by atoms with E-state index in [4.69, 9.17) is 0 Å². The van der Waals surface area contributed by atoms with Crippen molar-refractivity contribution >= 4 is 5.91 Å². The van der Waals surface area contributed by atoms with Gasteiger partial charge in [0.2, 0.25) is 5.91 Å². The lowest BCUT2D eigenvalue weighted by molar-refractivity contribution is -0.125. The fourth-order valence-corrected chi connectivity index (χ4v) is 3.17. The van der Waals surface area contributed by atoms with Gasteiger partial charge in [0.25, 0.3) is 0 Å². The van der Waals surface area contributed by atoms with E-state index in [2.05, 4.69) is 12.2 Å². The first-order chi connectivity index (χ1) is 7.24. The zero-order chi connectivity index (χ0) is 10.4. The first-order valence-corrected chi connectivity index (χ1v) is 6.51. The van der Waals surface area contributed by atoms with Gasteiger partial charge in [-0.2, -0.15) is 0 Å². The number of carbonyl (C=O) groups excluding carboxylic acids is 1. The second kappa shape index (κ2) is 3.50. The van der Waals surface area contributed by atoms with E-state index in [0.717, 1.165) is 24.3 Å². The number of nitrogens with one attached hydrogen (secondary N) is 1. The topological polar surface area (TPSA) is 29.1 Å². The van der Waals surface area contributed by atoms with Crippen LogP contribution in [0.15, 0.2) is 0 Å². The minimum atomic E-state index is 0.342. The van der Waals surface area contributed by atoms with Crippen LogP contribution in [-0.2, 0) is 4.79 Å². The van der Waals surface area contributed by atoms with Crippen LogP contribution in [0.4, 0.5) is 0 Å². The smallest absolute Gasteiger partial charge is 0.223 e. The standard InChI is InChI=1S/C13H21NO/c1-8(9-2-3-9)7-14-13(15)12-5-10-4-11(10)6-12/h8-12H,2-7H2,1H3,(H,14,15). The van der Waals surface area contributed by atoms with Gasteiger partial charge in [-0.25, -0.2) is 0 Å². The van der Waals surface area contributed by atoms with Gasteiger partial charge in [0, 0.05) is 12.5 Å². The number of fused-ring (bicyclic) bond motifs is 1. The molecule has 3 fully saturated rings. The summed E-state index contributed by atoms with van der Waals surface area (Å²) < 4.78 is 0. The van der Waals surface area contributed by atoms with Crippen LogP contribution in [0.2, 0.25) is 0 Å². The highest BCUT2D eigenvalue weighted by Crippen LogP contribution is 2.54. The normalized spacial score (nSPS) is 39.7. The number of rotatable bonds is 4. The van der Waals surface area contributed by atoms with Crippen LogP contribution >= 0.6 is 0 Å². The van der Waals surface area contributed by atoms with Gasteiger partial charge < -0.3 is 5.32 Å². The lowest BCUT2D eigenvalue weighted by atomic mass is 10.0. The van der Waals surface area contributed by atoms with Crippen molar-refractivity contribution in [2.75, 3.05) is 6.54 Å². The van der Waals surface area contributed by atoms with E-state index in [-0.39, 0.29) is 0 Å². The molecule has 0 spiro atoms. The van der Waals surface area contributed by atoms with E-state index in [9.17, 15) is 4.79 Å². The molecule has 2 nitrogen and oxygen atoms in total. The summed E-state index contributed by atoms with van der Waals surface area (Å²) in [5, 5.41) is 3.15. The van der Waals surface area contributed by atoms with E-state index in [0.29, 0.717) is 17.7 Å². The Hall–Kier alpha value is -0.530. The third-order valence-corrected chi connectivity index (χ3v) is 4.64. The highest BCUT2D eigenvalue weighted by atomic mass is 16.1. The second-order valence-corrected chi connectivity index (χ2v) is 5.98. The predicted octanol–water partition coefficient (Wildman–Crippen LogP) is 2.19. The highest BCUT2D eigenvalue weighted by molar-refractivity contribution is 5.79. The van der Waals surface area contributed by atoms with Gasteiger partial charge in [-0.1, -0.05) is 6.92 Å². The van der Waals surface area contributed by atoms with Gasteiger partial charge in [-0.15, -0.1) is 0 Å². The molecule has 0 aromatic rings. The summed E-state index contributed by atoms with van der Waals surface area (Å²) in [6, 6.07) is 0. The van der Waals surface area contributed by atoms with E-state index in [1.807, 2.05) is 0 Å². The molecule has 1 amide bonds. The summed E-state index contributed by atoms with van der Waals surface area (Å²) in [7, 11) is 0. The molecule has 2 heteroatoms.